The van der Waals surface area contributed by atoms with Crippen LogP contribution in [-0.2, 0) is 5.41 Å². The molecule has 0 aliphatic heterocycles. The number of nitrogens with two attached hydrogens (primary N) is 1. The summed E-state index contributed by atoms with van der Waals surface area (Å²) in [6, 6.07) is 5.21. The van der Waals surface area contributed by atoms with Gasteiger partial charge in [-0.3, -0.25) is 0 Å². The van der Waals surface area contributed by atoms with Crippen molar-refractivity contribution in [2.24, 2.45) is 11.7 Å². The van der Waals surface area contributed by atoms with Crippen LogP contribution in [0.15, 0.2) is 18.2 Å². The van der Waals surface area contributed by atoms with Gasteiger partial charge in [-0.1, -0.05) is 37.1 Å². The summed E-state index contributed by atoms with van der Waals surface area (Å²) in [4.78, 5) is 0. The Morgan fingerprint density at radius 1 is 1.50 bits per heavy atom. The third-order valence-corrected chi connectivity index (χ3v) is 4.14. The van der Waals surface area contributed by atoms with Crippen LogP contribution in [0.5, 0.6) is 0 Å². The molecule has 1 aromatic carbocycles. The highest BCUT2D eigenvalue weighted by Gasteiger charge is 2.45. The molecule has 1 fully saturated rings. The van der Waals surface area contributed by atoms with Crippen LogP contribution in [0.3, 0.4) is 0 Å². The highest BCUT2D eigenvalue weighted by Crippen LogP contribution is 2.49. The zero-order valence-corrected chi connectivity index (χ0v) is 10.2. The van der Waals surface area contributed by atoms with Crippen LogP contribution in [0.25, 0.3) is 0 Å². The molecule has 3 heteroatoms. The average Bonchev–Trinajstić information content (AvgIpc) is 2.23. The second kappa shape index (κ2) is 4.34. The molecular weight excluding hydrogens is 225 g/mol. The number of halogens is 2. The van der Waals surface area contributed by atoms with Gasteiger partial charge in [0.05, 0.1) is 5.02 Å². The van der Waals surface area contributed by atoms with Gasteiger partial charge in [0.25, 0.3) is 0 Å². The van der Waals surface area contributed by atoms with Gasteiger partial charge in [-0.2, -0.15) is 0 Å². The zero-order valence-electron chi connectivity index (χ0n) is 9.47. The highest BCUT2D eigenvalue weighted by molar-refractivity contribution is 6.30. The predicted octanol–water partition coefficient (Wildman–Crippen LogP) is 3.50. The Morgan fingerprint density at radius 3 is 2.75 bits per heavy atom. The molecule has 1 aliphatic rings. The monoisotopic (exact) mass is 241 g/mol. The van der Waals surface area contributed by atoms with E-state index in [9.17, 15) is 4.39 Å². The van der Waals surface area contributed by atoms with E-state index >= 15 is 0 Å². The van der Waals surface area contributed by atoms with Crippen molar-refractivity contribution in [3.05, 3.63) is 34.6 Å². The van der Waals surface area contributed by atoms with E-state index in [-0.39, 0.29) is 16.3 Å². The zero-order chi connectivity index (χ0) is 11.8. The van der Waals surface area contributed by atoms with Crippen molar-refractivity contribution in [1.29, 1.82) is 0 Å². The molecule has 0 heterocycles. The van der Waals surface area contributed by atoms with Crippen LogP contribution in [0.4, 0.5) is 4.39 Å². The van der Waals surface area contributed by atoms with Gasteiger partial charge >= 0.3 is 0 Å². The lowest BCUT2D eigenvalue weighted by Gasteiger charge is -2.47. The summed E-state index contributed by atoms with van der Waals surface area (Å²) < 4.78 is 13.9. The normalized spacial score (nSPS) is 28.9. The number of benzene rings is 1. The van der Waals surface area contributed by atoms with Crippen LogP contribution in [0.1, 0.15) is 31.7 Å². The molecule has 88 valence electrons. The van der Waals surface area contributed by atoms with Crippen molar-refractivity contribution < 1.29 is 4.39 Å². The second-order valence-electron chi connectivity index (χ2n) is 4.77. The smallest absolute Gasteiger partial charge is 0.145 e. The molecule has 16 heavy (non-hydrogen) atoms. The molecule has 0 radical (unpaired) electrons. The maximum Gasteiger partial charge on any atom is 0.145 e. The maximum absolute atomic E-state index is 13.9. The summed E-state index contributed by atoms with van der Waals surface area (Å²) in [5.74, 6) is 0.395. The molecule has 1 aromatic rings. The molecule has 1 saturated carbocycles. The van der Waals surface area contributed by atoms with Crippen LogP contribution in [0, 0.1) is 11.7 Å². The Balaban J connectivity index is 2.32. The molecule has 0 amide bonds. The van der Waals surface area contributed by atoms with Crippen LogP contribution in [0.2, 0.25) is 5.02 Å². The molecule has 1 aliphatic carbocycles. The lowest BCUT2D eigenvalue weighted by molar-refractivity contribution is 0.140. The lowest BCUT2D eigenvalue weighted by Crippen LogP contribution is -2.47. The average molecular weight is 242 g/mol. The van der Waals surface area contributed by atoms with Gasteiger partial charge in [-0.15, -0.1) is 0 Å². The highest BCUT2D eigenvalue weighted by atomic mass is 35.5. The third-order valence-electron chi connectivity index (χ3n) is 3.85. The van der Waals surface area contributed by atoms with Crippen LogP contribution >= 0.6 is 11.6 Å². The summed E-state index contributed by atoms with van der Waals surface area (Å²) in [7, 11) is 0. The van der Waals surface area contributed by atoms with Gasteiger partial charge < -0.3 is 5.73 Å². The summed E-state index contributed by atoms with van der Waals surface area (Å²) in [6.07, 6.45) is 3.11. The Kier molecular flexibility index (Phi) is 3.22. The molecular formula is C13H17ClFN. The summed E-state index contributed by atoms with van der Waals surface area (Å²) in [5, 5.41) is 0.199. The Bertz CT molecular complexity index is 386. The van der Waals surface area contributed by atoms with Crippen molar-refractivity contribution in [3.8, 4) is 0 Å². The Hall–Kier alpha value is -0.600. The first-order valence-electron chi connectivity index (χ1n) is 5.77. The van der Waals surface area contributed by atoms with Gasteiger partial charge in [-0.25, -0.2) is 4.39 Å². The molecule has 0 spiro atoms. The molecule has 0 aromatic heterocycles. The first-order chi connectivity index (χ1) is 7.63. The quantitative estimate of drug-likeness (QED) is 0.861. The first kappa shape index (κ1) is 11.9. The van der Waals surface area contributed by atoms with Gasteiger partial charge in [0.15, 0.2) is 0 Å². The fraction of sp³-hybridized carbons (Fsp3) is 0.538. The molecule has 0 unspecified atom stereocenters. The Morgan fingerprint density at radius 2 is 2.19 bits per heavy atom. The van der Waals surface area contributed by atoms with Gasteiger partial charge in [-0.05, 0) is 30.4 Å². The van der Waals surface area contributed by atoms with Gasteiger partial charge in [0, 0.05) is 12.0 Å². The minimum atomic E-state index is -0.288. The van der Waals surface area contributed by atoms with Crippen molar-refractivity contribution in [2.45, 2.75) is 31.6 Å². The summed E-state index contributed by atoms with van der Waals surface area (Å²) in [5.41, 5.74) is 6.36. The van der Waals surface area contributed by atoms with Crippen LogP contribution in [-0.4, -0.2) is 6.54 Å². The van der Waals surface area contributed by atoms with E-state index in [1.807, 2.05) is 6.07 Å². The molecule has 1 nitrogen and oxygen atoms in total. The molecule has 0 bridgehead atoms. The number of rotatable bonds is 3. The lowest BCUT2D eigenvalue weighted by atomic mass is 9.58. The molecule has 0 saturated heterocycles. The van der Waals surface area contributed by atoms with Crippen molar-refractivity contribution in [3.63, 3.8) is 0 Å². The van der Waals surface area contributed by atoms with E-state index in [0.29, 0.717) is 18.0 Å². The Labute approximate surface area is 101 Å². The van der Waals surface area contributed by atoms with Gasteiger partial charge in [0.1, 0.15) is 5.82 Å². The van der Waals surface area contributed by atoms with Crippen molar-refractivity contribution in [1.82, 2.24) is 0 Å². The number of hydrogen-bond donors (Lipinski definition) is 1. The van der Waals surface area contributed by atoms with E-state index in [1.165, 1.54) is 0 Å². The summed E-state index contributed by atoms with van der Waals surface area (Å²) in [6.45, 7) is 2.67. The van der Waals surface area contributed by atoms with E-state index in [1.54, 1.807) is 12.1 Å². The largest absolute Gasteiger partial charge is 0.330 e. The fourth-order valence-electron chi connectivity index (χ4n) is 2.74. The van der Waals surface area contributed by atoms with E-state index in [4.69, 9.17) is 17.3 Å². The standard InChI is InChI=1S/C13H17ClFN/c1-2-9-6-13(7-9,8-16)10-4-3-5-11(14)12(10)15/h3-5,9H,2,6-8,16H2,1H3. The van der Waals surface area contributed by atoms with E-state index < -0.39 is 0 Å². The fourth-order valence-corrected chi connectivity index (χ4v) is 2.92. The van der Waals surface area contributed by atoms with Crippen molar-refractivity contribution in [2.75, 3.05) is 6.54 Å². The van der Waals surface area contributed by atoms with E-state index in [2.05, 4.69) is 6.92 Å². The molecule has 2 rings (SSSR count). The van der Waals surface area contributed by atoms with Crippen LogP contribution < -0.4 is 5.73 Å². The van der Waals surface area contributed by atoms with Crippen molar-refractivity contribution >= 4 is 11.6 Å². The first-order valence-corrected chi connectivity index (χ1v) is 6.15. The van der Waals surface area contributed by atoms with E-state index in [0.717, 1.165) is 19.3 Å². The summed E-state index contributed by atoms with van der Waals surface area (Å²) >= 11 is 5.81. The second-order valence-corrected chi connectivity index (χ2v) is 5.18. The minimum Gasteiger partial charge on any atom is -0.330 e. The maximum atomic E-state index is 13.9. The third kappa shape index (κ3) is 1.74. The topological polar surface area (TPSA) is 26.0 Å². The SMILES string of the molecule is CCC1CC(CN)(c2cccc(Cl)c2F)C1. The molecule has 0 atom stereocenters. The number of hydrogen-bond acceptors (Lipinski definition) is 1. The molecule has 2 N–H and O–H groups in total. The minimum absolute atomic E-state index is 0.171. The van der Waals surface area contributed by atoms with Gasteiger partial charge in [0.2, 0.25) is 0 Å². The predicted molar refractivity (Wildman–Crippen MR) is 65.2 cm³/mol.